The summed E-state index contributed by atoms with van der Waals surface area (Å²) in [5.74, 6) is 0. The van der Waals surface area contributed by atoms with Crippen LogP contribution in [0.3, 0.4) is 0 Å². The van der Waals surface area contributed by atoms with Gasteiger partial charge in [-0.1, -0.05) is 32.9 Å². The van der Waals surface area contributed by atoms with Crippen LogP contribution in [0.2, 0.25) is 0 Å². The molecule has 1 heterocycles. The van der Waals surface area contributed by atoms with Crippen molar-refractivity contribution in [1.29, 1.82) is 0 Å². The van der Waals surface area contributed by atoms with Gasteiger partial charge in [-0.15, -0.1) is 0 Å². The number of benzene rings is 1. The molecular formula is C17H26N4O2S. The lowest BCUT2D eigenvalue weighted by atomic mass is 9.89. The monoisotopic (exact) mass is 350 g/mol. The highest BCUT2D eigenvalue weighted by Gasteiger charge is 2.19. The minimum absolute atomic E-state index is 0.0235. The first-order chi connectivity index (χ1) is 11.1. The maximum Gasteiger partial charge on any atom is 0.242 e. The zero-order valence-corrected chi connectivity index (χ0v) is 15.7. The molecule has 24 heavy (non-hydrogen) atoms. The van der Waals surface area contributed by atoms with Crippen molar-refractivity contribution in [2.45, 2.75) is 44.2 Å². The van der Waals surface area contributed by atoms with Crippen molar-refractivity contribution < 1.29 is 8.42 Å². The summed E-state index contributed by atoms with van der Waals surface area (Å²) in [5.41, 5.74) is 3.33. The summed E-state index contributed by atoms with van der Waals surface area (Å²) in [4.78, 5) is 0.307. The van der Waals surface area contributed by atoms with Gasteiger partial charge in [-0.2, -0.15) is 5.10 Å². The summed E-state index contributed by atoms with van der Waals surface area (Å²) in [7, 11) is -0.311. The lowest BCUT2D eigenvalue weighted by Gasteiger charge is -2.18. The van der Waals surface area contributed by atoms with Gasteiger partial charge in [0, 0.05) is 43.9 Å². The number of nitrogens with zero attached hydrogens (tertiary/aromatic N) is 2. The molecule has 0 atom stereocenters. The van der Waals surface area contributed by atoms with Crippen LogP contribution >= 0.6 is 0 Å². The molecule has 0 fully saturated rings. The van der Waals surface area contributed by atoms with Crippen molar-refractivity contribution in [3.05, 3.63) is 47.3 Å². The molecule has 0 spiro atoms. The Labute approximate surface area is 144 Å². The molecule has 0 aliphatic carbocycles. The van der Waals surface area contributed by atoms with Crippen LogP contribution in [0.15, 0.2) is 35.4 Å². The second-order valence-electron chi connectivity index (χ2n) is 7.06. The van der Waals surface area contributed by atoms with E-state index in [1.807, 2.05) is 18.3 Å². The van der Waals surface area contributed by atoms with Crippen molar-refractivity contribution in [2.24, 2.45) is 0 Å². The molecule has 132 valence electrons. The molecule has 0 radical (unpaired) electrons. The highest BCUT2D eigenvalue weighted by atomic mass is 32.2. The first kappa shape index (κ1) is 18.6. The van der Waals surface area contributed by atoms with Gasteiger partial charge in [0.1, 0.15) is 0 Å². The summed E-state index contributed by atoms with van der Waals surface area (Å²) < 4.78 is 25.3. The minimum atomic E-state index is -3.37. The van der Waals surface area contributed by atoms with Gasteiger partial charge < -0.3 is 5.32 Å². The lowest BCUT2D eigenvalue weighted by Crippen LogP contribution is -2.22. The van der Waals surface area contributed by atoms with E-state index in [-0.39, 0.29) is 5.41 Å². The Kier molecular flexibility index (Phi) is 5.47. The first-order valence-electron chi connectivity index (χ1n) is 7.87. The van der Waals surface area contributed by atoms with Crippen LogP contribution in [0, 0.1) is 0 Å². The molecule has 1 aromatic carbocycles. The topological polar surface area (TPSA) is 78.1 Å². The minimum Gasteiger partial charge on any atom is -0.308 e. The van der Waals surface area contributed by atoms with E-state index in [0.29, 0.717) is 18.0 Å². The standard InChI is InChI=1S/C17H26N4O2S/c1-17(2,3)16-14(12-19-20-16)11-18-10-13-6-8-15(9-7-13)24(22,23)21(4)5/h6-9,12,18H,10-11H2,1-5H3,(H,19,20). The molecule has 7 heteroatoms. The Morgan fingerprint density at radius 2 is 1.75 bits per heavy atom. The van der Waals surface area contributed by atoms with Gasteiger partial charge in [-0.3, -0.25) is 5.10 Å². The van der Waals surface area contributed by atoms with Crippen LogP contribution in [0.1, 0.15) is 37.6 Å². The van der Waals surface area contributed by atoms with Gasteiger partial charge in [-0.25, -0.2) is 12.7 Å². The van der Waals surface area contributed by atoms with E-state index in [9.17, 15) is 8.42 Å². The average molecular weight is 350 g/mol. The van der Waals surface area contributed by atoms with E-state index in [0.717, 1.165) is 16.8 Å². The van der Waals surface area contributed by atoms with Crippen molar-refractivity contribution in [3.63, 3.8) is 0 Å². The summed E-state index contributed by atoms with van der Waals surface area (Å²) >= 11 is 0. The van der Waals surface area contributed by atoms with Crippen molar-refractivity contribution in [2.75, 3.05) is 14.1 Å². The number of H-pyrrole nitrogens is 1. The van der Waals surface area contributed by atoms with Crippen LogP contribution in [-0.2, 0) is 28.5 Å². The van der Waals surface area contributed by atoms with Crippen LogP contribution in [0.25, 0.3) is 0 Å². The summed E-state index contributed by atoms with van der Waals surface area (Å²) in [5, 5.41) is 10.6. The molecule has 0 aliphatic rings. The quantitative estimate of drug-likeness (QED) is 0.837. The molecule has 0 amide bonds. The normalized spacial score (nSPS) is 12.8. The fraction of sp³-hybridized carbons (Fsp3) is 0.471. The zero-order valence-electron chi connectivity index (χ0n) is 14.9. The van der Waals surface area contributed by atoms with E-state index < -0.39 is 10.0 Å². The van der Waals surface area contributed by atoms with Crippen molar-refractivity contribution in [1.82, 2.24) is 19.8 Å². The Morgan fingerprint density at radius 3 is 2.29 bits per heavy atom. The van der Waals surface area contributed by atoms with Gasteiger partial charge in [0.2, 0.25) is 10.0 Å². The number of nitrogens with one attached hydrogen (secondary N) is 2. The molecule has 1 aromatic heterocycles. The predicted molar refractivity (Wildman–Crippen MR) is 95.1 cm³/mol. The fourth-order valence-corrected chi connectivity index (χ4v) is 3.33. The average Bonchev–Trinajstić information content (AvgIpc) is 2.96. The number of hydrogen-bond donors (Lipinski definition) is 2. The molecule has 2 aromatic rings. The highest BCUT2D eigenvalue weighted by Crippen LogP contribution is 2.23. The van der Waals surface area contributed by atoms with E-state index >= 15 is 0 Å². The second kappa shape index (κ2) is 7.04. The van der Waals surface area contributed by atoms with E-state index in [2.05, 4.69) is 36.3 Å². The Balaban J connectivity index is 1.98. The third-order valence-electron chi connectivity index (χ3n) is 3.81. The van der Waals surface area contributed by atoms with Gasteiger partial charge >= 0.3 is 0 Å². The maximum absolute atomic E-state index is 12.0. The molecule has 0 unspecified atom stereocenters. The predicted octanol–water partition coefficient (Wildman–Crippen LogP) is 2.25. The second-order valence-corrected chi connectivity index (χ2v) is 9.21. The first-order valence-corrected chi connectivity index (χ1v) is 9.31. The highest BCUT2D eigenvalue weighted by molar-refractivity contribution is 7.89. The third kappa shape index (κ3) is 4.23. The van der Waals surface area contributed by atoms with E-state index in [4.69, 9.17) is 0 Å². The molecule has 0 saturated heterocycles. The largest absolute Gasteiger partial charge is 0.308 e. The Bertz CT molecular complexity index is 772. The SMILES string of the molecule is CN(C)S(=O)(=O)c1ccc(CNCc2cn[nH]c2C(C)(C)C)cc1. The molecule has 2 N–H and O–H groups in total. The Morgan fingerprint density at radius 1 is 1.12 bits per heavy atom. The van der Waals surface area contributed by atoms with Crippen LogP contribution in [0.4, 0.5) is 0 Å². The number of aromatic amines is 1. The number of rotatable bonds is 6. The van der Waals surface area contributed by atoms with E-state index in [1.54, 1.807) is 12.1 Å². The number of hydrogen-bond acceptors (Lipinski definition) is 4. The maximum atomic E-state index is 12.0. The molecule has 0 aliphatic heterocycles. The van der Waals surface area contributed by atoms with Gasteiger partial charge in [-0.05, 0) is 17.7 Å². The fourth-order valence-electron chi connectivity index (χ4n) is 2.43. The molecule has 6 nitrogen and oxygen atoms in total. The van der Waals surface area contributed by atoms with Crippen LogP contribution in [-0.4, -0.2) is 37.0 Å². The number of aromatic nitrogens is 2. The molecule has 2 rings (SSSR count). The molecule has 0 saturated carbocycles. The lowest BCUT2D eigenvalue weighted by molar-refractivity contribution is 0.520. The van der Waals surface area contributed by atoms with Crippen LogP contribution in [0.5, 0.6) is 0 Å². The Hall–Kier alpha value is -1.70. The molecule has 0 bridgehead atoms. The van der Waals surface area contributed by atoms with Gasteiger partial charge in [0.05, 0.1) is 11.1 Å². The van der Waals surface area contributed by atoms with Crippen LogP contribution < -0.4 is 5.32 Å². The summed E-state index contributed by atoms with van der Waals surface area (Å²) in [6.07, 6.45) is 1.85. The zero-order chi connectivity index (χ0) is 18.0. The van der Waals surface area contributed by atoms with Gasteiger partial charge in [0.25, 0.3) is 0 Å². The van der Waals surface area contributed by atoms with Crippen molar-refractivity contribution >= 4 is 10.0 Å². The summed E-state index contributed by atoms with van der Waals surface area (Å²) in [6.45, 7) is 7.81. The number of sulfonamides is 1. The van der Waals surface area contributed by atoms with E-state index in [1.165, 1.54) is 18.4 Å². The van der Waals surface area contributed by atoms with Crippen molar-refractivity contribution in [3.8, 4) is 0 Å². The van der Waals surface area contributed by atoms with Gasteiger partial charge in [0.15, 0.2) is 0 Å². The smallest absolute Gasteiger partial charge is 0.242 e. The molecular weight excluding hydrogens is 324 g/mol. The summed E-state index contributed by atoms with van der Waals surface area (Å²) in [6, 6.07) is 6.96. The third-order valence-corrected chi connectivity index (χ3v) is 5.64.